The highest BCUT2D eigenvalue weighted by atomic mass is 16.3. The average molecular weight is 294 g/mol. The van der Waals surface area contributed by atoms with Crippen LogP contribution in [-0.2, 0) is 17.4 Å². The van der Waals surface area contributed by atoms with E-state index in [0.717, 1.165) is 37.7 Å². The molecule has 0 fully saturated rings. The van der Waals surface area contributed by atoms with E-state index in [9.17, 15) is 5.11 Å². The highest BCUT2D eigenvalue weighted by Gasteiger charge is 2.48. The Kier molecular flexibility index (Phi) is 4.10. The molecule has 0 heterocycles. The second kappa shape index (κ2) is 5.89. The van der Waals surface area contributed by atoms with Gasteiger partial charge in [0.2, 0.25) is 0 Å². The van der Waals surface area contributed by atoms with Crippen molar-refractivity contribution in [1.29, 1.82) is 0 Å². The van der Waals surface area contributed by atoms with Crippen molar-refractivity contribution in [2.45, 2.75) is 57.0 Å². The molecule has 3 rings (SSSR count). The molecule has 1 heteroatoms. The van der Waals surface area contributed by atoms with E-state index >= 15 is 0 Å². The van der Waals surface area contributed by atoms with Gasteiger partial charge in [0, 0.05) is 0 Å². The van der Waals surface area contributed by atoms with Crippen LogP contribution in [0, 0.1) is 0 Å². The van der Waals surface area contributed by atoms with Crippen molar-refractivity contribution in [3.63, 3.8) is 0 Å². The molecular weight excluding hydrogens is 268 g/mol. The van der Waals surface area contributed by atoms with E-state index in [1.165, 1.54) is 11.1 Å². The summed E-state index contributed by atoms with van der Waals surface area (Å²) in [7, 11) is 0. The lowest BCUT2D eigenvalue weighted by molar-refractivity contribution is 0.0129. The topological polar surface area (TPSA) is 20.2 Å². The highest BCUT2D eigenvalue weighted by molar-refractivity contribution is 5.45. The van der Waals surface area contributed by atoms with Crippen LogP contribution in [0.5, 0.6) is 0 Å². The molecule has 22 heavy (non-hydrogen) atoms. The fourth-order valence-electron chi connectivity index (χ4n) is 4.15. The molecule has 0 aromatic heterocycles. The summed E-state index contributed by atoms with van der Waals surface area (Å²) >= 11 is 0. The van der Waals surface area contributed by atoms with Crippen molar-refractivity contribution >= 4 is 0 Å². The van der Waals surface area contributed by atoms with Crippen molar-refractivity contribution in [1.82, 2.24) is 0 Å². The molecule has 0 spiro atoms. The number of benzene rings is 2. The number of hydrogen-bond donors (Lipinski definition) is 1. The van der Waals surface area contributed by atoms with Gasteiger partial charge in [0.05, 0.1) is 5.60 Å². The Labute approximate surface area is 134 Å². The second-order valence-corrected chi connectivity index (χ2v) is 7.08. The third-order valence-corrected chi connectivity index (χ3v) is 5.14. The molecule has 116 valence electrons. The second-order valence-electron chi connectivity index (χ2n) is 7.08. The maximum absolute atomic E-state index is 11.3. The third kappa shape index (κ3) is 2.70. The molecule has 0 saturated carbocycles. The van der Waals surface area contributed by atoms with Gasteiger partial charge in [0.1, 0.15) is 0 Å². The quantitative estimate of drug-likeness (QED) is 0.825. The van der Waals surface area contributed by atoms with Crippen LogP contribution in [0.3, 0.4) is 0 Å². The molecule has 2 aromatic rings. The molecule has 0 saturated heterocycles. The minimum absolute atomic E-state index is 0.0143. The summed E-state index contributed by atoms with van der Waals surface area (Å²) < 4.78 is 0. The van der Waals surface area contributed by atoms with Gasteiger partial charge in [-0.05, 0) is 41.4 Å². The largest absolute Gasteiger partial charge is 0.385 e. The van der Waals surface area contributed by atoms with Crippen molar-refractivity contribution in [3.05, 3.63) is 71.3 Å². The van der Waals surface area contributed by atoms with Gasteiger partial charge in [-0.15, -0.1) is 0 Å². The van der Waals surface area contributed by atoms with Gasteiger partial charge in [-0.1, -0.05) is 81.3 Å². The van der Waals surface area contributed by atoms with Crippen LogP contribution < -0.4 is 0 Å². The average Bonchev–Trinajstić information content (AvgIpc) is 2.75. The van der Waals surface area contributed by atoms with Gasteiger partial charge in [0.15, 0.2) is 0 Å². The third-order valence-electron chi connectivity index (χ3n) is 5.14. The molecule has 0 aliphatic heterocycles. The van der Waals surface area contributed by atoms with Crippen LogP contribution in [0.4, 0.5) is 0 Å². The summed E-state index contributed by atoms with van der Waals surface area (Å²) in [5.74, 6) is 0. The van der Waals surface area contributed by atoms with Gasteiger partial charge in [-0.3, -0.25) is 0 Å². The zero-order valence-electron chi connectivity index (χ0n) is 13.7. The predicted octanol–water partition coefficient (Wildman–Crippen LogP) is 4.97. The van der Waals surface area contributed by atoms with Crippen LogP contribution in [-0.4, -0.2) is 5.11 Å². The van der Waals surface area contributed by atoms with Crippen LogP contribution in [0.1, 0.15) is 56.2 Å². The number of unbranched alkanes of at least 4 members (excludes halogenated alkanes) is 1. The van der Waals surface area contributed by atoms with Crippen molar-refractivity contribution < 1.29 is 5.11 Å². The monoisotopic (exact) mass is 294 g/mol. The molecule has 0 radical (unpaired) electrons. The first-order chi connectivity index (χ1) is 10.6. The van der Waals surface area contributed by atoms with Crippen molar-refractivity contribution in [2.75, 3.05) is 0 Å². The highest BCUT2D eigenvalue weighted by Crippen LogP contribution is 2.51. The molecule has 1 N–H and O–H groups in total. The minimum Gasteiger partial charge on any atom is -0.385 e. The zero-order chi connectivity index (χ0) is 15.6. The van der Waals surface area contributed by atoms with Gasteiger partial charge in [-0.25, -0.2) is 0 Å². The molecular formula is C21H26O. The van der Waals surface area contributed by atoms with Crippen molar-refractivity contribution in [3.8, 4) is 0 Å². The Bertz CT molecular complexity index is 633. The fourth-order valence-corrected chi connectivity index (χ4v) is 4.15. The molecule has 1 aliphatic rings. The van der Waals surface area contributed by atoms with E-state index in [4.69, 9.17) is 0 Å². The predicted molar refractivity (Wildman–Crippen MR) is 92.0 cm³/mol. The van der Waals surface area contributed by atoms with E-state index < -0.39 is 5.60 Å². The van der Waals surface area contributed by atoms with Crippen LogP contribution in [0.2, 0.25) is 0 Å². The summed E-state index contributed by atoms with van der Waals surface area (Å²) in [4.78, 5) is 0. The zero-order valence-corrected chi connectivity index (χ0v) is 13.7. The summed E-state index contributed by atoms with van der Waals surface area (Å²) in [6.45, 7) is 4.50. The summed E-state index contributed by atoms with van der Waals surface area (Å²) in [6.07, 6.45) is 4.88. The Balaban J connectivity index is 1.96. The summed E-state index contributed by atoms with van der Waals surface area (Å²) in [6, 6.07) is 19.1. The van der Waals surface area contributed by atoms with Crippen LogP contribution in [0.15, 0.2) is 54.6 Å². The van der Waals surface area contributed by atoms with E-state index in [2.05, 4.69) is 68.4 Å². The van der Waals surface area contributed by atoms with Gasteiger partial charge in [-0.2, -0.15) is 0 Å². The minimum atomic E-state index is -0.657. The Morgan fingerprint density at radius 3 is 2.27 bits per heavy atom. The first-order valence-corrected chi connectivity index (χ1v) is 8.44. The van der Waals surface area contributed by atoms with E-state index in [1.807, 2.05) is 0 Å². The Morgan fingerprint density at radius 2 is 1.59 bits per heavy atom. The molecule has 0 amide bonds. The van der Waals surface area contributed by atoms with Gasteiger partial charge >= 0.3 is 0 Å². The Morgan fingerprint density at radius 1 is 0.955 bits per heavy atom. The summed E-state index contributed by atoms with van der Waals surface area (Å²) in [5, 5.41) is 11.3. The lowest BCUT2D eigenvalue weighted by Crippen LogP contribution is -2.28. The number of hydrogen-bond acceptors (Lipinski definition) is 1. The van der Waals surface area contributed by atoms with Crippen molar-refractivity contribution in [2.24, 2.45) is 0 Å². The Hall–Kier alpha value is -1.60. The first-order valence-electron chi connectivity index (χ1n) is 8.44. The van der Waals surface area contributed by atoms with E-state index in [-0.39, 0.29) is 5.41 Å². The van der Waals surface area contributed by atoms with Crippen LogP contribution in [0.25, 0.3) is 0 Å². The number of aliphatic hydroxyl groups is 1. The molecule has 0 bridgehead atoms. The van der Waals surface area contributed by atoms with Crippen LogP contribution >= 0.6 is 0 Å². The first kappa shape index (κ1) is 15.3. The fraction of sp³-hybridized carbons (Fsp3) is 0.429. The number of fused-ring (bicyclic) bond motifs is 1. The smallest absolute Gasteiger partial charge is 0.0907 e. The lowest BCUT2D eigenvalue weighted by atomic mass is 9.77. The van der Waals surface area contributed by atoms with E-state index in [1.54, 1.807) is 0 Å². The SMILES string of the molecule is CCCC[C@]1(O)C[C@@](C)(Cc2ccccc2)c2ccccc21. The molecule has 2 aromatic carbocycles. The maximum atomic E-state index is 11.3. The standard InChI is InChI=1S/C21H26O/c1-3-4-14-21(22)16-20(2,15-17-10-6-5-7-11-17)18-12-8-9-13-19(18)21/h5-13,22H,3-4,14-16H2,1-2H3/t20-,21+/m1/s1. The normalized spacial score (nSPS) is 26.9. The van der Waals surface area contributed by atoms with E-state index in [0.29, 0.717) is 0 Å². The summed E-state index contributed by atoms with van der Waals surface area (Å²) in [5.41, 5.74) is 3.19. The van der Waals surface area contributed by atoms with Gasteiger partial charge in [0.25, 0.3) is 0 Å². The lowest BCUT2D eigenvalue weighted by Gasteiger charge is -2.29. The molecule has 0 unspecified atom stereocenters. The van der Waals surface area contributed by atoms with Gasteiger partial charge < -0.3 is 5.11 Å². The number of rotatable bonds is 5. The molecule has 1 nitrogen and oxygen atoms in total. The molecule has 1 aliphatic carbocycles. The maximum Gasteiger partial charge on any atom is 0.0907 e. The molecule has 2 atom stereocenters.